The van der Waals surface area contributed by atoms with Crippen molar-refractivity contribution in [2.24, 2.45) is 0 Å². The number of rotatable bonds is 8. The fourth-order valence-electron chi connectivity index (χ4n) is 4.95. The van der Waals surface area contributed by atoms with Gasteiger partial charge in [-0.15, -0.1) is 0 Å². The molecule has 3 N–H and O–H groups in total. The van der Waals surface area contributed by atoms with Gasteiger partial charge in [-0.2, -0.15) is 19.7 Å². The number of hydrogen-bond acceptors (Lipinski definition) is 8. The zero-order valence-corrected chi connectivity index (χ0v) is 20.6. The van der Waals surface area contributed by atoms with Crippen LogP contribution in [0, 0.1) is 5.82 Å². The molecule has 0 radical (unpaired) electrons. The minimum atomic E-state index is -0.887. The Kier molecular flexibility index (Phi) is 6.16. The Morgan fingerprint density at radius 2 is 1.97 bits per heavy atom. The Labute approximate surface area is 216 Å². The van der Waals surface area contributed by atoms with Crippen LogP contribution < -0.4 is 10.6 Å². The van der Waals surface area contributed by atoms with E-state index in [0.29, 0.717) is 54.4 Å². The second-order valence-electron chi connectivity index (χ2n) is 9.39. The molecule has 0 atom stereocenters. The predicted molar refractivity (Wildman–Crippen MR) is 139 cm³/mol. The number of aliphatic carboxylic acids is 1. The van der Waals surface area contributed by atoms with E-state index in [1.165, 1.54) is 6.07 Å². The van der Waals surface area contributed by atoms with E-state index in [0.717, 1.165) is 30.5 Å². The maximum atomic E-state index is 14.7. The van der Waals surface area contributed by atoms with Gasteiger partial charge in [-0.1, -0.05) is 6.07 Å². The van der Waals surface area contributed by atoms with E-state index in [2.05, 4.69) is 20.1 Å². The molecule has 12 heteroatoms. The fourth-order valence-corrected chi connectivity index (χ4v) is 4.95. The van der Waals surface area contributed by atoms with Gasteiger partial charge in [0.15, 0.2) is 11.4 Å². The summed E-state index contributed by atoms with van der Waals surface area (Å²) in [5, 5.41) is 18.8. The molecular formula is C26H27FN8O3. The fraction of sp³-hybridized carbons (Fsp3) is 0.308. The Bertz CT molecular complexity index is 1600. The summed E-state index contributed by atoms with van der Waals surface area (Å²) in [4.78, 5) is 19.7. The molecular weight excluding hydrogens is 491 g/mol. The lowest BCUT2D eigenvalue weighted by molar-refractivity contribution is -0.136. The van der Waals surface area contributed by atoms with Crippen molar-refractivity contribution in [3.05, 3.63) is 60.2 Å². The minimum absolute atomic E-state index is 0.00948. The summed E-state index contributed by atoms with van der Waals surface area (Å²) >= 11 is 0. The number of carboxylic acids is 1. The highest BCUT2D eigenvalue weighted by atomic mass is 19.1. The molecule has 1 aromatic carbocycles. The van der Waals surface area contributed by atoms with Crippen molar-refractivity contribution in [3.8, 4) is 11.5 Å². The first-order chi connectivity index (χ1) is 18.5. The molecule has 1 saturated heterocycles. The first-order valence-corrected chi connectivity index (χ1v) is 12.5. The first-order valence-electron chi connectivity index (χ1n) is 12.5. The van der Waals surface area contributed by atoms with Gasteiger partial charge in [-0.25, -0.2) is 9.07 Å². The molecule has 4 aromatic heterocycles. The summed E-state index contributed by atoms with van der Waals surface area (Å²) in [6.45, 7) is 4.37. The zero-order valence-electron chi connectivity index (χ0n) is 20.6. The monoisotopic (exact) mass is 518 g/mol. The van der Waals surface area contributed by atoms with Crippen LogP contribution in [0.5, 0.6) is 0 Å². The van der Waals surface area contributed by atoms with Crippen molar-refractivity contribution in [3.63, 3.8) is 0 Å². The number of piperazine rings is 1. The number of fused-ring (bicyclic) bond motifs is 3. The zero-order chi connectivity index (χ0) is 26.2. The number of nitrogen functional groups attached to an aromatic ring is 1. The van der Waals surface area contributed by atoms with Crippen molar-refractivity contribution in [2.45, 2.75) is 19.4 Å². The van der Waals surface area contributed by atoms with Crippen molar-refractivity contribution in [1.82, 2.24) is 29.3 Å². The van der Waals surface area contributed by atoms with E-state index in [-0.39, 0.29) is 18.2 Å². The average Bonchev–Trinajstić information content (AvgIpc) is 3.66. The summed E-state index contributed by atoms with van der Waals surface area (Å²) in [6, 6.07) is 10.6. The number of carboxylic acid groups (broad SMARTS) is 1. The van der Waals surface area contributed by atoms with Gasteiger partial charge >= 0.3 is 5.97 Å². The normalized spacial score (nSPS) is 14.6. The molecule has 1 aliphatic rings. The van der Waals surface area contributed by atoms with Crippen LogP contribution in [-0.2, 0) is 17.8 Å². The third kappa shape index (κ3) is 4.54. The molecule has 0 spiro atoms. The second kappa shape index (κ2) is 9.78. The molecule has 1 aliphatic heterocycles. The van der Waals surface area contributed by atoms with Gasteiger partial charge in [0, 0.05) is 39.1 Å². The number of hydrogen-bond donors (Lipinski definition) is 2. The molecule has 11 nitrogen and oxygen atoms in total. The minimum Gasteiger partial charge on any atom is -0.481 e. The number of carbonyl (C=O) groups is 1. The van der Waals surface area contributed by atoms with Crippen LogP contribution in [-0.4, -0.2) is 73.1 Å². The maximum absolute atomic E-state index is 14.7. The molecule has 196 valence electrons. The highest BCUT2D eigenvalue weighted by Gasteiger charge is 2.21. The third-order valence-corrected chi connectivity index (χ3v) is 6.99. The number of halogens is 1. The number of nitrogens with zero attached hydrogens (tertiary/aromatic N) is 7. The van der Waals surface area contributed by atoms with Crippen LogP contribution >= 0.6 is 0 Å². The number of aryl methyl sites for hydroxylation is 1. The van der Waals surface area contributed by atoms with Crippen LogP contribution in [0.25, 0.3) is 28.0 Å². The number of benzene rings is 1. The highest BCUT2D eigenvalue weighted by Crippen LogP contribution is 2.27. The highest BCUT2D eigenvalue weighted by molar-refractivity contribution is 5.93. The molecule has 38 heavy (non-hydrogen) atoms. The van der Waals surface area contributed by atoms with E-state index in [4.69, 9.17) is 15.3 Å². The second-order valence-corrected chi connectivity index (χ2v) is 9.39. The number of aromatic nitrogens is 5. The molecule has 1 fully saturated rings. The summed E-state index contributed by atoms with van der Waals surface area (Å²) in [5.74, 6) is -0.268. The molecule has 5 aromatic rings. The van der Waals surface area contributed by atoms with Gasteiger partial charge in [0.05, 0.1) is 35.6 Å². The van der Waals surface area contributed by atoms with Gasteiger partial charge in [-0.3, -0.25) is 9.69 Å². The first kappa shape index (κ1) is 23.9. The predicted octanol–water partition coefficient (Wildman–Crippen LogP) is 2.90. The van der Waals surface area contributed by atoms with Crippen LogP contribution in [0.4, 0.5) is 16.0 Å². The SMILES string of the molecule is Nc1nc2c(cnn2CCN2CCN(c3ccc(CCC(=O)O)cc3F)CC2)c2cc(-c3ccco3)nn12. The quantitative estimate of drug-likeness (QED) is 0.318. The molecule has 0 saturated carbocycles. The van der Waals surface area contributed by atoms with Gasteiger partial charge in [0.25, 0.3) is 0 Å². The smallest absolute Gasteiger partial charge is 0.303 e. The third-order valence-electron chi connectivity index (χ3n) is 6.99. The van der Waals surface area contributed by atoms with E-state index in [1.54, 1.807) is 23.0 Å². The van der Waals surface area contributed by atoms with Gasteiger partial charge in [0.1, 0.15) is 11.5 Å². The van der Waals surface area contributed by atoms with Crippen molar-refractivity contribution in [2.75, 3.05) is 43.4 Å². The largest absolute Gasteiger partial charge is 0.481 e. The van der Waals surface area contributed by atoms with Crippen molar-refractivity contribution < 1.29 is 18.7 Å². The van der Waals surface area contributed by atoms with Crippen molar-refractivity contribution in [1.29, 1.82) is 0 Å². The van der Waals surface area contributed by atoms with Gasteiger partial charge in [-0.05, 0) is 42.3 Å². The Morgan fingerprint density at radius 1 is 1.13 bits per heavy atom. The molecule has 5 heterocycles. The summed E-state index contributed by atoms with van der Waals surface area (Å²) in [5.41, 5.74) is 9.66. The van der Waals surface area contributed by atoms with Crippen molar-refractivity contribution >= 4 is 34.2 Å². The lowest BCUT2D eigenvalue weighted by atomic mass is 10.1. The molecule has 0 amide bonds. The number of furan rings is 1. The summed E-state index contributed by atoms with van der Waals surface area (Å²) < 4.78 is 23.6. The Morgan fingerprint density at radius 3 is 2.71 bits per heavy atom. The molecule has 0 aliphatic carbocycles. The van der Waals surface area contributed by atoms with E-state index >= 15 is 0 Å². The lowest BCUT2D eigenvalue weighted by Crippen LogP contribution is -2.47. The van der Waals surface area contributed by atoms with Gasteiger partial charge < -0.3 is 20.2 Å². The van der Waals surface area contributed by atoms with Crippen LogP contribution in [0.2, 0.25) is 0 Å². The van der Waals surface area contributed by atoms with E-state index < -0.39 is 5.97 Å². The van der Waals surface area contributed by atoms with E-state index in [1.807, 2.05) is 33.8 Å². The number of anilines is 2. The summed E-state index contributed by atoms with van der Waals surface area (Å²) in [7, 11) is 0. The summed E-state index contributed by atoms with van der Waals surface area (Å²) in [6.07, 6.45) is 3.70. The van der Waals surface area contributed by atoms with Gasteiger partial charge in [0.2, 0.25) is 5.95 Å². The molecule has 0 unspecified atom stereocenters. The van der Waals surface area contributed by atoms with Crippen LogP contribution in [0.15, 0.2) is 53.3 Å². The molecule has 6 rings (SSSR count). The van der Waals surface area contributed by atoms with E-state index in [9.17, 15) is 9.18 Å². The van der Waals surface area contributed by atoms with Crippen LogP contribution in [0.3, 0.4) is 0 Å². The lowest BCUT2D eigenvalue weighted by Gasteiger charge is -2.36. The Balaban J connectivity index is 1.10. The topological polar surface area (TPSA) is 131 Å². The number of nitrogens with two attached hydrogens (primary N) is 1. The standard InChI is InChI=1S/C26H27FN8O3/c27-19-14-17(4-6-24(36)37)3-5-21(19)33-10-7-32(8-11-33)9-12-34-25-18(16-29-34)22-15-20(23-2-1-13-38-23)31-35(22)26(28)30-25/h1-3,5,13-16H,4,6-12H2,(H2,28,30)(H,36,37). The molecule has 0 bridgehead atoms. The van der Waals surface area contributed by atoms with Crippen LogP contribution in [0.1, 0.15) is 12.0 Å². The maximum Gasteiger partial charge on any atom is 0.303 e. The average molecular weight is 519 g/mol. The Hall–Kier alpha value is -4.45.